The van der Waals surface area contributed by atoms with Crippen LogP contribution in [0, 0.1) is 13.8 Å². The number of hydrogen-bond donors (Lipinski definition) is 0. The average molecular weight is 284 g/mol. The Bertz CT molecular complexity index is 677. The standard InChI is InChI=1S/C16H20N4O/c1-11-5-4-6-14(17-11)16(21)20-8-7-13(10-20)15-18-12(2)9-19(15)3/h4-6,9,13H,7-8,10H2,1-3H3. The molecule has 1 aliphatic rings. The summed E-state index contributed by atoms with van der Waals surface area (Å²) >= 11 is 0. The summed E-state index contributed by atoms with van der Waals surface area (Å²) in [6.07, 6.45) is 2.99. The maximum absolute atomic E-state index is 12.5. The van der Waals surface area contributed by atoms with E-state index in [-0.39, 0.29) is 5.91 Å². The molecule has 1 saturated heterocycles. The molecule has 1 amide bonds. The Kier molecular flexibility index (Phi) is 3.49. The summed E-state index contributed by atoms with van der Waals surface area (Å²) in [5.74, 6) is 1.41. The molecule has 0 radical (unpaired) electrons. The van der Waals surface area contributed by atoms with Crippen LogP contribution in [0.4, 0.5) is 0 Å². The smallest absolute Gasteiger partial charge is 0.272 e. The molecule has 110 valence electrons. The molecule has 1 fully saturated rings. The number of likely N-dealkylation sites (tertiary alicyclic amines) is 1. The molecule has 5 heteroatoms. The number of carbonyl (C=O) groups excluding carboxylic acids is 1. The van der Waals surface area contributed by atoms with Crippen molar-refractivity contribution in [2.24, 2.45) is 7.05 Å². The van der Waals surface area contributed by atoms with Crippen molar-refractivity contribution in [2.45, 2.75) is 26.2 Å². The molecule has 2 aromatic heterocycles. The minimum Gasteiger partial charge on any atom is -0.337 e. The predicted molar refractivity (Wildman–Crippen MR) is 80.2 cm³/mol. The zero-order valence-corrected chi connectivity index (χ0v) is 12.7. The fourth-order valence-corrected chi connectivity index (χ4v) is 2.99. The van der Waals surface area contributed by atoms with E-state index in [0.29, 0.717) is 11.6 Å². The maximum atomic E-state index is 12.5. The van der Waals surface area contributed by atoms with Crippen molar-refractivity contribution in [3.8, 4) is 0 Å². The molecule has 0 saturated carbocycles. The lowest BCUT2D eigenvalue weighted by Gasteiger charge is -2.16. The number of amides is 1. The van der Waals surface area contributed by atoms with Crippen LogP contribution in [0.5, 0.6) is 0 Å². The molecule has 1 atom stereocenters. The van der Waals surface area contributed by atoms with Crippen molar-refractivity contribution >= 4 is 5.91 Å². The van der Waals surface area contributed by atoms with Gasteiger partial charge in [-0.05, 0) is 32.4 Å². The number of pyridine rings is 1. The summed E-state index contributed by atoms with van der Waals surface area (Å²) < 4.78 is 2.07. The highest BCUT2D eigenvalue weighted by molar-refractivity contribution is 5.92. The van der Waals surface area contributed by atoms with Gasteiger partial charge in [0.15, 0.2) is 0 Å². The Morgan fingerprint density at radius 1 is 1.24 bits per heavy atom. The fourth-order valence-electron chi connectivity index (χ4n) is 2.99. The number of aromatic nitrogens is 3. The summed E-state index contributed by atoms with van der Waals surface area (Å²) in [6, 6.07) is 5.57. The number of rotatable bonds is 2. The van der Waals surface area contributed by atoms with Gasteiger partial charge < -0.3 is 9.47 Å². The van der Waals surface area contributed by atoms with Crippen molar-refractivity contribution < 1.29 is 4.79 Å². The van der Waals surface area contributed by atoms with Crippen LogP contribution in [0.1, 0.15) is 40.0 Å². The summed E-state index contributed by atoms with van der Waals surface area (Å²) in [6.45, 7) is 5.39. The first-order valence-corrected chi connectivity index (χ1v) is 7.27. The zero-order chi connectivity index (χ0) is 15.0. The van der Waals surface area contributed by atoms with E-state index in [1.807, 2.05) is 44.1 Å². The van der Waals surface area contributed by atoms with E-state index in [0.717, 1.165) is 36.7 Å². The van der Waals surface area contributed by atoms with Crippen LogP contribution in [-0.4, -0.2) is 38.4 Å². The van der Waals surface area contributed by atoms with Crippen molar-refractivity contribution in [1.82, 2.24) is 19.4 Å². The molecule has 3 rings (SSSR count). The largest absolute Gasteiger partial charge is 0.337 e. The monoisotopic (exact) mass is 284 g/mol. The van der Waals surface area contributed by atoms with Crippen LogP contribution in [0.25, 0.3) is 0 Å². The van der Waals surface area contributed by atoms with Gasteiger partial charge in [-0.2, -0.15) is 0 Å². The first-order chi connectivity index (χ1) is 10.0. The van der Waals surface area contributed by atoms with Gasteiger partial charge in [-0.1, -0.05) is 6.07 Å². The van der Waals surface area contributed by atoms with Crippen molar-refractivity contribution in [3.63, 3.8) is 0 Å². The summed E-state index contributed by atoms with van der Waals surface area (Å²) in [5.41, 5.74) is 2.43. The van der Waals surface area contributed by atoms with Crippen molar-refractivity contribution in [2.75, 3.05) is 13.1 Å². The van der Waals surface area contributed by atoms with E-state index in [9.17, 15) is 4.79 Å². The van der Waals surface area contributed by atoms with Crippen molar-refractivity contribution in [3.05, 3.63) is 47.3 Å². The second kappa shape index (κ2) is 5.31. The van der Waals surface area contributed by atoms with Gasteiger partial charge in [0.1, 0.15) is 11.5 Å². The van der Waals surface area contributed by atoms with Gasteiger partial charge >= 0.3 is 0 Å². The minimum atomic E-state index is 0.0205. The number of hydrogen-bond acceptors (Lipinski definition) is 3. The molecule has 0 N–H and O–H groups in total. The minimum absolute atomic E-state index is 0.0205. The molecule has 5 nitrogen and oxygen atoms in total. The molecule has 3 heterocycles. The number of carbonyl (C=O) groups is 1. The van der Waals surface area contributed by atoms with Crippen LogP contribution >= 0.6 is 0 Å². The van der Waals surface area contributed by atoms with Crippen LogP contribution in [0.2, 0.25) is 0 Å². The van der Waals surface area contributed by atoms with Gasteiger partial charge in [0.25, 0.3) is 5.91 Å². The van der Waals surface area contributed by atoms with Gasteiger partial charge in [-0.15, -0.1) is 0 Å². The second-order valence-electron chi connectivity index (χ2n) is 5.75. The van der Waals surface area contributed by atoms with E-state index in [2.05, 4.69) is 14.5 Å². The lowest BCUT2D eigenvalue weighted by molar-refractivity contribution is 0.0784. The van der Waals surface area contributed by atoms with Crippen LogP contribution < -0.4 is 0 Å². The van der Waals surface area contributed by atoms with Gasteiger partial charge in [-0.3, -0.25) is 4.79 Å². The molecular weight excluding hydrogens is 264 g/mol. The molecule has 0 aromatic carbocycles. The van der Waals surface area contributed by atoms with E-state index in [1.54, 1.807) is 6.07 Å². The highest BCUT2D eigenvalue weighted by atomic mass is 16.2. The first kappa shape index (κ1) is 13.8. The van der Waals surface area contributed by atoms with E-state index in [4.69, 9.17) is 0 Å². The molecule has 0 aliphatic carbocycles. The van der Waals surface area contributed by atoms with Crippen LogP contribution in [0.3, 0.4) is 0 Å². The highest BCUT2D eigenvalue weighted by Gasteiger charge is 2.30. The third kappa shape index (κ3) is 2.68. The molecular formula is C16H20N4O. The van der Waals surface area contributed by atoms with E-state index in [1.165, 1.54) is 0 Å². The Morgan fingerprint density at radius 2 is 2.05 bits per heavy atom. The molecule has 21 heavy (non-hydrogen) atoms. The van der Waals surface area contributed by atoms with Crippen LogP contribution in [0.15, 0.2) is 24.4 Å². The van der Waals surface area contributed by atoms with Gasteiger partial charge in [-0.25, -0.2) is 9.97 Å². The fraction of sp³-hybridized carbons (Fsp3) is 0.438. The number of imidazole rings is 1. The Balaban J connectivity index is 1.75. The molecule has 0 spiro atoms. The normalized spacial score (nSPS) is 18.2. The topological polar surface area (TPSA) is 51.0 Å². The lowest BCUT2D eigenvalue weighted by Crippen LogP contribution is -2.29. The van der Waals surface area contributed by atoms with Gasteiger partial charge in [0, 0.05) is 37.9 Å². The van der Waals surface area contributed by atoms with E-state index < -0.39 is 0 Å². The number of nitrogens with zero attached hydrogens (tertiary/aromatic N) is 4. The van der Waals surface area contributed by atoms with Crippen molar-refractivity contribution in [1.29, 1.82) is 0 Å². The summed E-state index contributed by atoms with van der Waals surface area (Å²) in [5, 5.41) is 0. The first-order valence-electron chi connectivity index (χ1n) is 7.27. The Morgan fingerprint density at radius 3 is 2.71 bits per heavy atom. The SMILES string of the molecule is Cc1cccc(C(=O)N2CCC(c3nc(C)cn3C)C2)n1. The maximum Gasteiger partial charge on any atom is 0.272 e. The molecule has 0 bridgehead atoms. The number of aryl methyl sites for hydroxylation is 3. The summed E-state index contributed by atoms with van der Waals surface area (Å²) in [4.78, 5) is 23.3. The van der Waals surface area contributed by atoms with E-state index >= 15 is 0 Å². The second-order valence-corrected chi connectivity index (χ2v) is 5.75. The third-order valence-electron chi connectivity index (χ3n) is 3.98. The van der Waals surface area contributed by atoms with Gasteiger partial charge in [0.2, 0.25) is 0 Å². The molecule has 1 unspecified atom stereocenters. The van der Waals surface area contributed by atoms with Gasteiger partial charge in [0.05, 0.1) is 5.69 Å². The zero-order valence-electron chi connectivity index (χ0n) is 12.7. The summed E-state index contributed by atoms with van der Waals surface area (Å²) in [7, 11) is 2.02. The predicted octanol–water partition coefficient (Wildman–Crippen LogP) is 2.06. The Labute approximate surface area is 124 Å². The quantitative estimate of drug-likeness (QED) is 0.848. The average Bonchev–Trinajstić information content (AvgIpc) is 3.04. The van der Waals surface area contributed by atoms with Crippen LogP contribution in [-0.2, 0) is 7.05 Å². The Hall–Kier alpha value is -2.17. The highest BCUT2D eigenvalue weighted by Crippen LogP contribution is 2.27. The molecule has 1 aliphatic heterocycles. The third-order valence-corrected chi connectivity index (χ3v) is 3.98. The molecule has 2 aromatic rings. The lowest BCUT2D eigenvalue weighted by atomic mass is 10.1.